The third-order valence-electron chi connectivity index (χ3n) is 3.55. The highest BCUT2D eigenvalue weighted by Crippen LogP contribution is 2.24. The van der Waals surface area contributed by atoms with E-state index in [1.807, 2.05) is 13.8 Å². The smallest absolute Gasteiger partial charge is 0.248 e. The van der Waals surface area contributed by atoms with E-state index in [-0.39, 0.29) is 24.2 Å². The molecule has 104 valence electrons. The average Bonchev–Trinajstić information content (AvgIpc) is 2.30. The molecule has 0 aliphatic carbocycles. The summed E-state index contributed by atoms with van der Waals surface area (Å²) in [5, 5.41) is 2.75. The van der Waals surface area contributed by atoms with Crippen LogP contribution in [0.5, 0.6) is 0 Å². The lowest BCUT2D eigenvalue weighted by atomic mass is 9.89. The first-order chi connectivity index (χ1) is 8.35. The SMILES string of the molecule is CCC(C)C1C(=O)NC(C)(C)C(=O)N1CCCF. The Hall–Kier alpha value is -1.13. The van der Waals surface area contributed by atoms with E-state index >= 15 is 0 Å². The highest BCUT2D eigenvalue weighted by atomic mass is 19.1. The number of nitrogens with one attached hydrogen (secondary N) is 1. The van der Waals surface area contributed by atoms with E-state index in [1.165, 1.54) is 0 Å². The normalized spacial score (nSPS) is 24.9. The molecule has 1 N–H and O–H groups in total. The molecule has 1 heterocycles. The average molecular weight is 258 g/mol. The quantitative estimate of drug-likeness (QED) is 0.812. The van der Waals surface area contributed by atoms with Crippen LogP contribution in [0.1, 0.15) is 40.5 Å². The monoisotopic (exact) mass is 258 g/mol. The van der Waals surface area contributed by atoms with Gasteiger partial charge in [0.25, 0.3) is 0 Å². The number of nitrogens with zero attached hydrogens (tertiary/aromatic N) is 1. The molecule has 0 aromatic carbocycles. The number of carbonyl (C=O) groups excluding carboxylic acids is 2. The van der Waals surface area contributed by atoms with Crippen LogP contribution in [0, 0.1) is 5.92 Å². The van der Waals surface area contributed by atoms with E-state index in [0.29, 0.717) is 6.54 Å². The molecule has 0 bridgehead atoms. The maximum Gasteiger partial charge on any atom is 0.248 e. The van der Waals surface area contributed by atoms with Crippen LogP contribution in [0.25, 0.3) is 0 Å². The van der Waals surface area contributed by atoms with Gasteiger partial charge in [0.15, 0.2) is 0 Å². The lowest BCUT2D eigenvalue weighted by Gasteiger charge is -2.44. The molecule has 0 aromatic rings. The van der Waals surface area contributed by atoms with Crippen molar-refractivity contribution in [1.29, 1.82) is 0 Å². The number of hydrogen-bond acceptors (Lipinski definition) is 2. The molecule has 2 unspecified atom stereocenters. The first-order valence-corrected chi connectivity index (χ1v) is 6.54. The maximum atomic E-state index is 12.3. The zero-order chi connectivity index (χ0) is 13.9. The Morgan fingerprint density at radius 3 is 2.56 bits per heavy atom. The molecule has 1 saturated heterocycles. The molecule has 0 spiro atoms. The fourth-order valence-electron chi connectivity index (χ4n) is 2.32. The van der Waals surface area contributed by atoms with Crippen molar-refractivity contribution in [3.8, 4) is 0 Å². The van der Waals surface area contributed by atoms with Gasteiger partial charge in [-0.15, -0.1) is 0 Å². The minimum Gasteiger partial charge on any atom is -0.340 e. The summed E-state index contributed by atoms with van der Waals surface area (Å²) in [6.07, 6.45) is 1.08. The molecule has 0 aromatic heterocycles. The second kappa shape index (κ2) is 5.67. The number of halogens is 1. The third kappa shape index (κ3) is 2.82. The molecule has 0 radical (unpaired) electrons. The van der Waals surface area contributed by atoms with Crippen molar-refractivity contribution in [3.05, 3.63) is 0 Å². The molecule has 1 aliphatic heterocycles. The van der Waals surface area contributed by atoms with Gasteiger partial charge in [-0.25, -0.2) is 0 Å². The first kappa shape index (κ1) is 14.9. The highest BCUT2D eigenvalue weighted by Gasteiger charge is 2.46. The molecule has 1 aliphatic rings. The van der Waals surface area contributed by atoms with Crippen molar-refractivity contribution < 1.29 is 14.0 Å². The number of hydrogen-bond donors (Lipinski definition) is 1. The van der Waals surface area contributed by atoms with Crippen molar-refractivity contribution in [2.45, 2.75) is 52.1 Å². The molecular weight excluding hydrogens is 235 g/mol. The van der Waals surface area contributed by atoms with Gasteiger partial charge in [-0.3, -0.25) is 14.0 Å². The van der Waals surface area contributed by atoms with Gasteiger partial charge in [-0.05, 0) is 26.2 Å². The zero-order valence-electron chi connectivity index (χ0n) is 11.6. The molecule has 4 nitrogen and oxygen atoms in total. The lowest BCUT2D eigenvalue weighted by molar-refractivity contribution is -0.155. The molecule has 18 heavy (non-hydrogen) atoms. The Kier molecular flexibility index (Phi) is 4.71. The molecule has 2 amide bonds. The Morgan fingerprint density at radius 1 is 1.44 bits per heavy atom. The van der Waals surface area contributed by atoms with E-state index in [1.54, 1.807) is 18.7 Å². The van der Waals surface area contributed by atoms with Gasteiger partial charge >= 0.3 is 0 Å². The van der Waals surface area contributed by atoms with Crippen LogP contribution in [0.3, 0.4) is 0 Å². The Labute approximate surface area is 108 Å². The summed E-state index contributed by atoms with van der Waals surface area (Å²) in [7, 11) is 0. The van der Waals surface area contributed by atoms with Gasteiger partial charge in [0.2, 0.25) is 11.8 Å². The van der Waals surface area contributed by atoms with E-state index in [2.05, 4.69) is 5.32 Å². The second-order valence-electron chi connectivity index (χ2n) is 5.49. The summed E-state index contributed by atoms with van der Waals surface area (Å²) >= 11 is 0. The van der Waals surface area contributed by atoms with Crippen molar-refractivity contribution in [1.82, 2.24) is 10.2 Å². The van der Waals surface area contributed by atoms with Crippen molar-refractivity contribution >= 4 is 11.8 Å². The van der Waals surface area contributed by atoms with Gasteiger partial charge in [-0.2, -0.15) is 0 Å². The summed E-state index contributed by atoms with van der Waals surface area (Å²) in [6, 6.07) is -0.470. The Morgan fingerprint density at radius 2 is 2.06 bits per heavy atom. The Balaban J connectivity index is 2.98. The number of rotatable bonds is 5. The molecule has 0 saturated carbocycles. The van der Waals surface area contributed by atoms with Crippen LogP contribution >= 0.6 is 0 Å². The van der Waals surface area contributed by atoms with Crippen molar-refractivity contribution in [2.75, 3.05) is 13.2 Å². The van der Waals surface area contributed by atoms with Crippen LogP contribution in [0.4, 0.5) is 4.39 Å². The number of alkyl halides is 1. The summed E-state index contributed by atoms with van der Waals surface area (Å²) in [5.41, 5.74) is -0.892. The third-order valence-corrected chi connectivity index (χ3v) is 3.55. The van der Waals surface area contributed by atoms with Crippen LogP contribution < -0.4 is 5.32 Å². The van der Waals surface area contributed by atoms with Crippen molar-refractivity contribution in [3.63, 3.8) is 0 Å². The van der Waals surface area contributed by atoms with Gasteiger partial charge < -0.3 is 10.2 Å². The van der Waals surface area contributed by atoms with Crippen molar-refractivity contribution in [2.24, 2.45) is 5.92 Å². The highest BCUT2D eigenvalue weighted by molar-refractivity contribution is 5.99. The lowest BCUT2D eigenvalue weighted by Crippen LogP contribution is -2.69. The predicted molar refractivity (Wildman–Crippen MR) is 67.8 cm³/mol. The van der Waals surface area contributed by atoms with Gasteiger partial charge in [0.1, 0.15) is 11.6 Å². The zero-order valence-corrected chi connectivity index (χ0v) is 11.6. The van der Waals surface area contributed by atoms with E-state index in [4.69, 9.17) is 0 Å². The minimum absolute atomic E-state index is 0.0738. The standard InChI is InChI=1S/C13H23FN2O2/c1-5-9(2)10-11(17)15-13(3,4)12(18)16(10)8-6-7-14/h9-10H,5-8H2,1-4H3,(H,15,17). The molecular formula is C13H23FN2O2. The molecule has 2 atom stereocenters. The maximum absolute atomic E-state index is 12.3. The number of carbonyl (C=O) groups is 2. The molecule has 5 heteroatoms. The number of piperazine rings is 1. The minimum atomic E-state index is -0.892. The largest absolute Gasteiger partial charge is 0.340 e. The predicted octanol–water partition coefficient (Wildman–Crippen LogP) is 1.50. The number of amides is 2. The molecule has 1 fully saturated rings. The fraction of sp³-hybridized carbons (Fsp3) is 0.846. The summed E-state index contributed by atoms with van der Waals surface area (Å²) in [5.74, 6) is -0.182. The van der Waals surface area contributed by atoms with E-state index < -0.39 is 18.3 Å². The van der Waals surface area contributed by atoms with Crippen LogP contribution in [-0.2, 0) is 9.59 Å². The van der Waals surface area contributed by atoms with Crippen LogP contribution in [-0.4, -0.2) is 41.5 Å². The second-order valence-corrected chi connectivity index (χ2v) is 5.49. The van der Waals surface area contributed by atoms with E-state index in [0.717, 1.165) is 6.42 Å². The van der Waals surface area contributed by atoms with Crippen LogP contribution in [0.15, 0.2) is 0 Å². The molecule has 1 rings (SSSR count). The first-order valence-electron chi connectivity index (χ1n) is 6.54. The topological polar surface area (TPSA) is 49.4 Å². The Bertz CT molecular complexity index is 331. The van der Waals surface area contributed by atoms with E-state index in [9.17, 15) is 14.0 Å². The van der Waals surface area contributed by atoms with Crippen LogP contribution in [0.2, 0.25) is 0 Å². The van der Waals surface area contributed by atoms with Gasteiger partial charge in [0, 0.05) is 6.54 Å². The van der Waals surface area contributed by atoms with Gasteiger partial charge in [0.05, 0.1) is 6.67 Å². The van der Waals surface area contributed by atoms with Gasteiger partial charge in [-0.1, -0.05) is 20.3 Å². The summed E-state index contributed by atoms with van der Waals surface area (Å²) < 4.78 is 12.3. The summed E-state index contributed by atoms with van der Waals surface area (Å²) in [6.45, 7) is 7.12. The fourth-order valence-corrected chi connectivity index (χ4v) is 2.32. The summed E-state index contributed by atoms with van der Waals surface area (Å²) in [4.78, 5) is 26.0.